The van der Waals surface area contributed by atoms with Gasteiger partial charge in [-0.05, 0) is 30.7 Å². The van der Waals surface area contributed by atoms with Crippen molar-refractivity contribution in [3.05, 3.63) is 47.2 Å². The molecular weight excluding hydrogens is 306 g/mol. The van der Waals surface area contributed by atoms with E-state index in [4.69, 9.17) is 21.1 Å². The van der Waals surface area contributed by atoms with Crippen molar-refractivity contribution in [1.82, 2.24) is 4.90 Å². The molecule has 0 aliphatic carbocycles. The highest BCUT2D eigenvalue weighted by atomic mass is 35.5. The number of furan rings is 1. The van der Waals surface area contributed by atoms with Crippen LogP contribution in [-0.2, 0) is 4.79 Å². The Morgan fingerprint density at radius 1 is 1.23 bits per heavy atom. The predicted octanol–water partition coefficient (Wildman–Crippen LogP) is 3.54. The Bertz CT molecular complexity index is 680. The summed E-state index contributed by atoms with van der Waals surface area (Å²) in [5, 5.41) is 9.40. The minimum atomic E-state index is -1.06. The lowest BCUT2D eigenvalue weighted by atomic mass is 10.2. The summed E-state index contributed by atoms with van der Waals surface area (Å²) < 4.78 is 5.55. The van der Waals surface area contributed by atoms with E-state index in [1.807, 2.05) is 13.0 Å². The number of aliphatic carboxylic acids is 1. The van der Waals surface area contributed by atoms with E-state index in [0.29, 0.717) is 29.3 Å². The monoisotopic (exact) mass is 321 g/mol. The Morgan fingerprint density at radius 3 is 2.59 bits per heavy atom. The third kappa shape index (κ3) is 3.68. The van der Waals surface area contributed by atoms with E-state index < -0.39 is 11.9 Å². The summed E-state index contributed by atoms with van der Waals surface area (Å²) in [6, 6.07) is 10.3. The van der Waals surface area contributed by atoms with E-state index in [2.05, 4.69) is 0 Å². The van der Waals surface area contributed by atoms with Gasteiger partial charge in [0.15, 0.2) is 5.76 Å². The second-order valence-corrected chi connectivity index (χ2v) is 5.17. The number of nitrogens with zero attached hydrogens (tertiary/aromatic N) is 1. The van der Waals surface area contributed by atoms with E-state index in [1.54, 1.807) is 24.3 Å². The number of hydrogen-bond acceptors (Lipinski definition) is 3. The van der Waals surface area contributed by atoms with Crippen LogP contribution < -0.4 is 0 Å². The van der Waals surface area contributed by atoms with Gasteiger partial charge in [0.25, 0.3) is 5.91 Å². The summed E-state index contributed by atoms with van der Waals surface area (Å²) in [4.78, 5) is 24.4. The second-order valence-electron chi connectivity index (χ2n) is 4.76. The minimum absolute atomic E-state index is 0.101. The first-order chi connectivity index (χ1) is 10.5. The van der Waals surface area contributed by atoms with E-state index in [1.165, 1.54) is 11.0 Å². The molecule has 6 heteroatoms. The molecule has 0 atom stereocenters. The molecule has 0 fully saturated rings. The second kappa shape index (κ2) is 7.13. The van der Waals surface area contributed by atoms with Crippen LogP contribution in [0.3, 0.4) is 0 Å². The molecule has 0 spiro atoms. The van der Waals surface area contributed by atoms with Gasteiger partial charge in [-0.1, -0.05) is 30.7 Å². The van der Waals surface area contributed by atoms with E-state index in [0.717, 1.165) is 0 Å². The van der Waals surface area contributed by atoms with Gasteiger partial charge in [-0.25, -0.2) is 0 Å². The molecule has 5 nitrogen and oxygen atoms in total. The zero-order valence-electron chi connectivity index (χ0n) is 12.1. The van der Waals surface area contributed by atoms with Crippen molar-refractivity contribution >= 4 is 23.5 Å². The van der Waals surface area contributed by atoms with Gasteiger partial charge in [0.1, 0.15) is 12.3 Å². The fourth-order valence-electron chi connectivity index (χ4n) is 2.10. The van der Waals surface area contributed by atoms with Crippen LogP contribution in [0.1, 0.15) is 23.9 Å². The first-order valence-electron chi connectivity index (χ1n) is 6.88. The molecule has 2 aromatic rings. The molecule has 1 aromatic carbocycles. The van der Waals surface area contributed by atoms with Gasteiger partial charge in [0.05, 0.1) is 5.02 Å². The largest absolute Gasteiger partial charge is 0.480 e. The van der Waals surface area contributed by atoms with Crippen LogP contribution in [0.2, 0.25) is 5.02 Å². The van der Waals surface area contributed by atoms with Gasteiger partial charge in [-0.3, -0.25) is 9.59 Å². The molecule has 116 valence electrons. The average molecular weight is 322 g/mol. The van der Waals surface area contributed by atoms with Crippen LogP contribution in [0.5, 0.6) is 0 Å². The molecule has 1 heterocycles. The third-order valence-electron chi connectivity index (χ3n) is 3.06. The molecule has 1 amide bonds. The van der Waals surface area contributed by atoms with Crippen molar-refractivity contribution in [2.24, 2.45) is 0 Å². The van der Waals surface area contributed by atoms with Gasteiger partial charge in [0, 0.05) is 12.1 Å². The van der Waals surface area contributed by atoms with Crippen LogP contribution in [0.25, 0.3) is 11.3 Å². The van der Waals surface area contributed by atoms with Crippen LogP contribution in [0.15, 0.2) is 40.8 Å². The summed E-state index contributed by atoms with van der Waals surface area (Å²) in [5.74, 6) is -0.924. The number of hydrogen-bond donors (Lipinski definition) is 1. The maximum atomic E-state index is 12.3. The Labute approximate surface area is 133 Å². The molecule has 0 bridgehead atoms. The smallest absolute Gasteiger partial charge is 0.323 e. The van der Waals surface area contributed by atoms with Gasteiger partial charge in [-0.15, -0.1) is 0 Å². The first kappa shape index (κ1) is 16.1. The lowest BCUT2D eigenvalue weighted by Gasteiger charge is -2.18. The maximum Gasteiger partial charge on any atom is 0.323 e. The fourth-order valence-corrected chi connectivity index (χ4v) is 2.33. The number of carboxylic acid groups (broad SMARTS) is 1. The van der Waals surface area contributed by atoms with Gasteiger partial charge in [0.2, 0.25) is 0 Å². The van der Waals surface area contributed by atoms with Gasteiger partial charge < -0.3 is 14.4 Å². The van der Waals surface area contributed by atoms with Crippen molar-refractivity contribution in [2.45, 2.75) is 13.3 Å². The normalized spacial score (nSPS) is 10.5. The number of amides is 1. The summed E-state index contributed by atoms with van der Waals surface area (Å²) in [6.45, 7) is 1.88. The lowest BCUT2D eigenvalue weighted by molar-refractivity contribution is -0.137. The van der Waals surface area contributed by atoms with Crippen molar-refractivity contribution in [1.29, 1.82) is 0 Å². The summed E-state index contributed by atoms with van der Waals surface area (Å²) >= 11 is 6.10. The van der Waals surface area contributed by atoms with E-state index in [9.17, 15) is 9.59 Å². The quantitative estimate of drug-likeness (QED) is 0.883. The molecule has 0 aliphatic heterocycles. The van der Waals surface area contributed by atoms with E-state index >= 15 is 0 Å². The zero-order valence-corrected chi connectivity index (χ0v) is 12.8. The highest BCUT2D eigenvalue weighted by Gasteiger charge is 2.21. The molecule has 2 rings (SSSR count). The first-order valence-corrected chi connectivity index (χ1v) is 7.26. The molecule has 0 unspecified atom stereocenters. The Balaban J connectivity index is 2.24. The highest BCUT2D eigenvalue weighted by Crippen LogP contribution is 2.29. The molecule has 1 aromatic heterocycles. The molecule has 1 N–H and O–H groups in total. The number of carbonyl (C=O) groups is 2. The SMILES string of the molecule is CCCN(CC(=O)O)C(=O)c1ccc(-c2ccccc2Cl)o1. The summed E-state index contributed by atoms with van der Waals surface area (Å²) in [7, 11) is 0. The van der Waals surface area contributed by atoms with Crippen LogP contribution >= 0.6 is 11.6 Å². The predicted molar refractivity (Wildman–Crippen MR) is 83.0 cm³/mol. The van der Waals surface area contributed by atoms with Gasteiger partial charge >= 0.3 is 5.97 Å². The van der Waals surface area contributed by atoms with Crippen LogP contribution in [0.4, 0.5) is 0 Å². The molecule has 0 saturated heterocycles. The topological polar surface area (TPSA) is 70.8 Å². The number of rotatable bonds is 6. The number of carboxylic acids is 1. The molecular formula is C16H16ClNO4. The van der Waals surface area contributed by atoms with Crippen molar-refractivity contribution < 1.29 is 19.1 Å². The van der Waals surface area contributed by atoms with Crippen molar-refractivity contribution in [3.8, 4) is 11.3 Å². The third-order valence-corrected chi connectivity index (χ3v) is 3.39. The summed E-state index contributed by atoms with van der Waals surface area (Å²) in [6.07, 6.45) is 0.664. The lowest BCUT2D eigenvalue weighted by Crippen LogP contribution is -2.36. The van der Waals surface area contributed by atoms with Crippen molar-refractivity contribution in [2.75, 3.05) is 13.1 Å². The number of carbonyl (C=O) groups excluding carboxylic acids is 1. The Morgan fingerprint density at radius 2 is 1.95 bits per heavy atom. The Hall–Kier alpha value is -2.27. The maximum absolute atomic E-state index is 12.3. The molecule has 0 saturated carbocycles. The standard InChI is InChI=1S/C16H16ClNO4/c1-2-9-18(10-15(19)20)16(21)14-8-7-13(22-14)11-5-3-4-6-12(11)17/h3-8H,2,9-10H2,1H3,(H,19,20). The Kier molecular flexibility index (Phi) is 5.22. The highest BCUT2D eigenvalue weighted by molar-refractivity contribution is 6.33. The van der Waals surface area contributed by atoms with Crippen LogP contribution in [0, 0.1) is 0 Å². The van der Waals surface area contributed by atoms with E-state index in [-0.39, 0.29) is 12.3 Å². The number of benzene rings is 1. The van der Waals surface area contributed by atoms with Gasteiger partial charge in [-0.2, -0.15) is 0 Å². The average Bonchev–Trinajstić information content (AvgIpc) is 2.95. The fraction of sp³-hybridized carbons (Fsp3) is 0.250. The molecule has 0 aliphatic rings. The zero-order chi connectivity index (χ0) is 16.1. The molecule has 0 radical (unpaired) electrons. The van der Waals surface area contributed by atoms with Crippen LogP contribution in [-0.4, -0.2) is 35.0 Å². The summed E-state index contributed by atoms with van der Waals surface area (Å²) in [5.41, 5.74) is 0.684. The minimum Gasteiger partial charge on any atom is -0.480 e. The number of halogens is 1. The molecule has 22 heavy (non-hydrogen) atoms. The van der Waals surface area contributed by atoms with Crippen molar-refractivity contribution in [3.63, 3.8) is 0 Å².